The molecule has 0 bridgehead atoms. The van der Waals surface area contributed by atoms with Gasteiger partial charge in [0.25, 0.3) is 0 Å². The van der Waals surface area contributed by atoms with Crippen LogP contribution in [0.25, 0.3) is 0 Å². The first-order valence-electron chi connectivity index (χ1n) is 7.84. The number of para-hydroxylation sites is 2. The Balaban J connectivity index is 1.56. The normalized spacial score (nSPS) is 17.5. The highest BCUT2D eigenvalue weighted by Crippen LogP contribution is 2.28. The summed E-state index contributed by atoms with van der Waals surface area (Å²) in [5.41, 5.74) is 1.01. The molecule has 1 saturated heterocycles. The second-order valence-corrected chi connectivity index (χ2v) is 6.52. The number of piperazine rings is 1. The number of carbonyl (C=O) groups excluding carboxylic acids is 2. The monoisotopic (exact) mass is 348 g/mol. The third-order valence-electron chi connectivity index (χ3n) is 3.99. The van der Waals surface area contributed by atoms with Gasteiger partial charge in [-0.25, -0.2) is 0 Å². The molecular weight excluding hydrogens is 328 g/mol. The Hall–Kier alpha value is -2.22. The average Bonchev–Trinajstić information content (AvgIpc) is 3.14. The van der Waals surface area contributed by atoms with Crippen molar-refractivity contribution in [2.24, 2.45) is 4.99 Å². The SMILES string of the molecule is COc1ccccc1N1CCN(C(=O)C(=O)NC2=NCCS2)CC1. The number of methoxy groups -OCH3 is 1. The number of nitrogens with zero attached hydrogens (tertiary/aromatic N) is 3. The van der Waals surface area contributed by atoms with Crippen LogP contribution in [-0.4, -0.2) is 67.5 Å². The van der Waals surface area contributed by atoms with Gasteiger partial charge in [-0.2, -0.15) is 0 Å². The molecule has 128 valence electrons. The summed E-state index contributed by atoms with van der Waals surface area (Å²) < 4.78 is 5.38. The fourth-order valence-electron chi connectivity index (χ4n) is 2.75. The van der Waals surface area contributed by atoms with Gasteiger partial charge in [0.05, 0.1) is 19.3 Å². The first-order valence-corrected chi connectivity index (χ1v) is 8.83. The summed E-state index contributed by atoms with van der Waals surface area (Å²) in [7, 11) is 1.65. The third-order valence-corrected chi connectivity index (χ3v) is 4.88. The Morgan fingerprint density at radius 2 is 1.96 bits per heavy atom. The molecule has 7 nitrogen and oxygen atoms in total. The summed E-state index contributed by atoms with van der Waals surface area (Å²) in [6.07, 6.45) is 0. The molecule has 1 aromatic rings. The highest BCUT2D eigenvalue weighted by Gasteiger charge is 2.28. The second kappa shape index (κ2) is 7.57. The standard InChI is InChI=1S/C16H20N4O3S/c1-23-13-5-3-2-4-12(13)19-7-9-20(10-8-19)15(22)14(21)18-16-17-6-11-24-16/h2-5H,6-11H2,1H3,(H,17,18,21). The first kappa shape index (κ1) is 16.6. The van der Waals surface area contributed by atoms with E-state index in [0.717, 1.165) is 17.2 Å². The van der Waals surface area contributed by atoms with E-state index in [4.69, 9.17) is 4.74 Å². The largest absolute Gasteiger partial charge is 0.495 e. The van der Waals surface area contributed by atoms with Gasteiger partial charge in [0.1, 0.15) is 5.75 Å². The van der Waals surface area contributed by atoms with Gasteiger partial charge in [0.15, 0.2) is 5.17 Å². The van der Waals surface area contributed by atoms with Gasteiger partial charge in [-0.05, 0) is 12.1 Å². The molecule has 24 heavy (non-hydrogen) atoms. The zero-order valence-electron chi connectivity index (χ0n) is 13.5. The quantitative estimate of drug-likeness (QED) is 0.791. The van der Waals surface area contributed by atoms with E-state index >= 15 is 0 Å². The van der Waals surface area contributed by atoms with Gasteiger partial charge < -0.3 is 14.5 Å². The van der Waals surface area contributed by atoms with Gasteiger partial charge >= 0.3 is 11.8 Å². The maximum Gasteiger partial charge on any atom is 0.315 e. The van der Waals surface area contributed by atoms with E-state index in [1.807, 2.05) is 24.3 Å². The molecule has 1 aromatic carbocycles. The Morgan fingerprint density at radius 3 is 2.62 bits per heavy atom. The minimum absolute atomic E-state index is 0.495. The topological polar surface area (TPSA) is 74.2 Å². The van der Waals surface area contributed by atoms with Crippen LogP contribution >= 0.6 is 11.8 Å². The fraction of sp³-hybridized carbons (Fsp3) is 0.438. The van der Waals surface area contributed by atoms with Gasteiger partial charge in [0, 0.05) is 31.9 Å². The van der Waals surface area contributed by atoms with Crippen LogP contribution < -0.4 is 15.0 Å². The van der Waals surface area contributed by atoms with Crippen molar-refractivity contribution in [3.8, 4) is 5.75 Å². The van der Waals surface area contributed by atoms with E-state index in [2.05, 4.69) is 15.2 Å². The molecule has 0 spiro atoms. The molecule has 0 aromatic heterocycles. The van der Waals surface area contributed by atoms with Crippen molar-refractivity contribution in [2.75, 3.05) is 50.5 Å². The van der Waals surface area contributed by atoms with E-state index in [-0.39, 0.29) is 0 Å². The maximum absolute atomic E-state index is 12.3. The fourth-order valence-corrected chi connectivity index (χ4v) is 3.47. The number of aliphatic imine (C=N–C) groups is 1. The molecular formula is C16H20N4O3S. The number of benzene rings is 1. The zero-order valence-corrected chi connectivity index (χ0v) is 14.3. The number of thioether (sulfide) groups is 1. The Kier molecular flexibility index (Phi) is 5.24. The van der Waals surface area contributed by atoms with Crippen molar-refractivity contribution in [3.05, 3.63) is 24.3 Å². The van der Waals surface area contributed by atoms with Gasteiger partial charge in [-0.1, -0.05) is 23.9 Å². The first-order chi connectivity index (χ1) is 11.7. The third kappa shape index (κ3) is 3.64. The van der Waals surface area contributed by atoms with Crippen LogP contribution in [0, 0.1) is 0 Å². The molecule has 0 saturated carbocycles. The van der Waals surface area contributed by atoms with Crippen molar-refractivity contribution in [1.82, 2.24) is 10.2 Å². The summed E-state index contributed by atoms with van der Waals surface area (Å²) in [6.45, 7) is 3.02. The lowest BCUT2D eigenvalue weighted by Gasteiger charge is -2.36. The number of amides is 2. The molecule has 2 heterocycles. The lowest BCUT2D eigenvalue weighted by molar-refractivity contribution is -0.145. The molecule has 1 fully saturated rings. The Bertz CT molecular complexity index is 656. The van der Waals surface area contributed by atoms with Crippen LogP contribution in [0.2, 0.25) is 0 Å². The van der Waals surface area contributed by atoms with Crippen molar-refractivity contribution in [3.63, 3.8) is 0 Å². The number of hydrogen-bond donors (Lipinski definition) is 1. The lowest BCUT2D eigenvalue weighted by atomic mass is 10.2. The predicted octanol–water partition coefficient (Wildman–Crippen LogP) is 0.563. The highest BCUT2D eigenvalue weighted by atomic mass is 32.2. The molecule has 2 aliphatic heterocycles. The minimum atomic E-state index is -0.603. The van der Waals surface area contributed by atoms with Gasteiger partial charge in [0.2, 0.25) is 0 Å². The predicted molar refractivity (Wildman–Crippen MR) is 94.7 cm³/mol. The molecule has 2 aliphatic rings. The molecule has 0 atom stereocenters. The van der Waals surface area contributed by atoms with Crippen molar-refractivity contribution >= 4 is 34.4 Å². The van der Waals surface area contributed by atoms with Gasteiger partial charge in [-0.15, -0.1) is 0 Å². The number of nitrogens with one attached hydrogen (secondary N) is 1. The van der Waals surface area contributed by atoms with Crippen LogP contribution in [0.1, 0.15) is 0 Å². The summed E-state index contributed by atoms with van der Waals surface area (Å²) in [6, 6.07) is 7.80. The van der Waals surface area contributed by atoms with Gasteiger partial charge in [-0.3, -0.25) is 19.9 Å². The number of carbonyl (C=O) groups is 2. The van der Waals surface area contributed by atoms with E-state index in [0.29, 0.717) is 37.9 Å². The lowest BCUT2D eigenvalue weighted by Crippen LogP contribution is -2.53. The van der Waals surface area contributed by atoms with Crippen molar-refractivity contribution < 1.29 is 14.3 Å². The Morgan fingerprint density at radius 1 is 1.21 bits per heavy atom. The number of amidine groups is 1. The summed E-state index contributed by atoms with van der Waals surface area (Å²) in [5, 5.41) is 3.13. The smallest absolute Gasteiger partial charge is 0.315 e. The molecule has 0 unspecified atom stereocenters. The number of rotatable bonds is 2. The number of hydrogen-bond acceptors (Lipinski definition) is 6. The molecule has 0 aliphatic carbocycles. The molecule has 0 radical (unpaired) electrons. The van der Waals surface area contributed by atoms with E-state index in [1.165, 1.54) is 11.8 Å². The zero-order chi connectivity index (χ0) is 16.9. The maximum atomic E-state index is 12.3. The van der Waals surface area contributed by atoms with E-state index in [9.17, 15) is 9.59 Å². The van der Waals surface area contributed by atoms with Crippen LogP contribution in [0.3, 0.4) is 0 Å². The minimum Gasteiger partial charge on any atom is -0.495 e. The summed E-state index contributed by atoms with van der Waals surface area (Å²) >= 11 is 1.46. The highest BCUT2D eigenvalue weighted by molar-refractivity contribution is 8.14. The van der Waals surface area contributed by atoms with E-state index < -0.39 is 11.8 Å². The van der Waals surface area contributed by atoms with Crippen LogP contribution in [0.15, 0.2) is 29.3 Å². The molecule has 8 heteroatoms. The number of ether oxygens (including phenoxy) is 1. The van der Waals surface area contributed by atoms with Crippen LogP contribution in [0.4, 0.5) is 5.69 Å². The van der Waals surface area contributed by atoms with Crippen LogP contribution in [0.5, 0.6) is 5.75 Å². The summed E-state index contributed by atoms with van der Waals surface area (Å²) in [4.78, 5) is 32.2. The second-order valence-electron chi connectivity index (χ2n) is 5.44. The van der Waals surface area contributed by atoms with Crippen molar-refractivity contribution in [2.45, 2.75) is 0 Å². The summed E-state index contributed by atoms with van der Waals surface area (Å²) in [5.74, 6) is 0.562. The molecule has 3 rings (SSSR count). The molecule has 2 amide bonds. The van der Waals surface area contributed by atoms with Crippen molar-refractivity contribution in [1.29, 1.82) is 0 Å². The Labute approximate surface area is 145 Å². The average molecular weight is 348 g/mol. The molecule has 1 N–H and O–H groups in total. The van der Waals surface area contributed by atoms with Crippen LogP contribution in [-0.2, 0) is 9.59 Å². The van der Waals surface area contributed by atoms with E-state index in [1.54, 1.807) is 12.0 Å². The number of anilines is 1.